The summed E-state index contributed by atoms with van der Waals surface area (Å²) in [6.45, 7) is 5.60. The lowest BCUT2D eigenvalue weighted by atomic mass is 10.2. The molecule has 7 heteroatoms. The Kier molecular flexibility index (Phi) is 4.98. The first-order chi connectivity index (χ1) is 10.5. The molecule has 1 N–H and O–H groups in total. The van der Waals surface area contributed by atoms with Gasteiger partial charge in [0.2, 0.25) is 0 Å². The zero-order chi connectivity index (χ0) is 16.1. The van der Waals surface area contributed by atoms with Crippen LogP contribution >= 0.6 is 0 Å². The van der Waals surface area contributed by atoms with Gasteiger partial charge in [-0.15, -0.1) is 10.2 Å². The standard InChI is InChI=1S/C15H16F2N4O/c1-3-21(4-2)14-8-7-13(19-20-14)18-15(22)10-5-6-11(16)12(17)9-10/h5-9H,3-4H2,1-2H3,(H,18,19,22). The highest BCUT2D eigenvalue weighted by Gasteiger charge is 2.11. The van der Waals surface area contributed by atoms with Gasteiger partial charge in [-0.3, -0.25) is 4.79 Å². The van der Waals surface area contributed by atoms with Crippen molar-refractivity contribution >= 4 is 17.5 Å². The molecule has 0 unspecified atom stereocenters. The number of benzene rings is 1. The molecular formula is C15H16F2N4O. The van der Waals surface area contributed by atoms with Crippen molar-refractivity contribution in [3.63, 3.8) is 0 Å². The zero-order valence-electron chi connectivity index (χ0n) is 12.3. The second kappa shape index (κ2) is 6.93. The number of hydrogen-bond acceptors (Lipinski definition) is 4. The number of nitrogens with one attached hydrogen (secondary N) is 1. The number of anilines is 2. The highest BCUT2D eigenvalue weighted by atomic mass is 19.2. The molecule has 1 aromatic carbocycles. The molecule has 0 atom stereocenters. The molecule has 0 radical (unpaired) electrons. The summed E-state index contributed by atoms with van der Waals surface area (Å²) >= 11 is 0. The van der Waals surface area contributed by atoms with Crippen LogP contribution in [0, 0.1) is 11.6 Å². The number of rotatable bonds is 5. The SMILES string of the molecule is CCN(CC)c1ccc(NC(=O)c2ccc(F)c(F)c2)nn1. The van der Waals surface area contributed by atoms with E-state index in [1.807, 2.05) is 18.7 Å². The van der Waals surface area contributed by atoms with Crippen LogP contribution in [0.15, 0.2) is 30.3 Å². The normalized spacial score (nSPS) is 10.4. The van der Waals surface area contributed by atoms with Gasteiger partial charge >= 0.3 is 0 Å². The maximum atomic E-state index is 13.1. The molecule has 0 saturated heterocycles. The molecule has 0 saturated carbocycles. The van der Waals surface area contributed by atoms with Crippen molar-refractivity contribution in [3.8, 4) is 0 Å². The van der Waals surface area contributed by atoms with Gasteiger partial charge in [0.15, 0.2) is 23.3 Å². The van der Waals surface area contributed by atoms with Crippen LogP contribution in [0.1, 0.15) is 24.2 Å². The molecular weight excluding hydrogens is 290 g/mol. The van der Waals surface area contributed by atoms with Crippen LogP contribution in [0.25, 0.3) is 0 Å². The van der Waals surface area contributed by atoms with Crippen LogP contribution < -0.4 is 10.2 Å². The lowest BCUT2D eigenvalue weighted by molar-refractivity contribution is 0.102. The van der Waals surface area contributed by atoms with Crippen molar-refractivity contribution in [1.29, 1.82) is 0 Å². The van der Waals surface area contributed by atoms with Gasteiger partial charge in [0, 0.05) is 18.7 Å². The summed E-state index contributed by atoms with van der Waals surface area (Å²) in [4.78, 5) is 13.9. The molecule has 0 bridgehead atoms. The molecule has 1 heterocycles. The summed E-state index contributed by atoms with van der Waals surface area (Å²) in [5.41, 5.74) is 0.00789. The smallest absolute Gasteiger partial charge is 0.256 e. The Balaban J connectivity index is 2.10. The Morgan fingerprint density at radius 1 is 1.09 bits per heavy atom. The van der Waals surface area contributed by atoms with E-state index in [-0.39, 0.29) is 11.4 Å². The Morgan fingerprint density at radius 2 is 1.82 bits per heavy atom. The minimum absolute atomic E-state index is 0.00789. The molecule has 2 aromatic rings. The van der Waals surface area contributed by atoms with Crippen molar-refractivity contribution in [1.82, 2.24) is 10.2 Å². The first kappa shape index (κ1) is 15.8. The van der Waals surface area contributed by atoms with E-state index in [1.165, 1.54) is 6.07 Å². The van der Waals surface area contributed by atoms with E-state index in [1.54, 1.807) is 12.1 Å². The largest absolute Gasteiger partial charge is 0.356 e. The maximum Gasteiger partial charge on any atom is 0.256 e. The quantitative estimate of drug-likeness (QED) is 0.923. The van der Waals surface area contributed by atoms with E-state index >= 15 is 0 Å². The van der Waals surface area contributed by atoms with Gasteiger partial charge in [0.05, 0.1) is 0 Å². The van der Waals surface area contributed by atoms with Crippen molar-refractivity contribution in [3.05, 3.63) is 47.5 Å². The van der Waals surface area contributed by atoms with Crippen LogP contribution in [0.3, 0.4) is 0 Å². The predicted octanol–water partition coefficient (Wildman–Crippen LogP) is 2.85. The number of hydrogen-bond donors (Lipinski definition) is 1. The zero-order valence-corrected chi connectivity index (χ0v) is 12.3. The monoisotopic (exact) mass is 306 g/mol. The molecule has 0 aliphatic rings. The Bertz CT molecular complexity index is 657. The number of amides is 1. The fourth-order valence-corrected chi connectivity index (χ4v) is 1.93. The third kappa shape index (κ3) is 3.55. The predicted molar refractivity (Wildman–Crippen MR) is 79.9 cm³/mol. The number of halogens is 2. The van der Waals surface area contributed by atoms with Crippen molar-refractivity contribution < 1.29 is 13.6 Å². The molecule has 22 heavy (non-hydrogen) atoms. The number of carbonyl (C=O) groups excluding carboxylic acids is 1. The average Bonchev–Trinajstić information content (AvgIpc) is 2.52. The Morgan fingerprint density at radius 3 is 2.36 bits per heavy atom. The summed E-state index contributed by atoms with van der Waals surface area (Å²) in [7, 11) is 0. The summed E-state index contributed by atoms with van der Waals surface area (Å²) in [6.07, 6.45) is 0. The Hall–Kier alpha value is -2.57. The van der Waals surface area contributed by atoms with Gasteiger partial charge in [0.25, 0.3) is 5.91 Å². The lowest BCUT2D eigenvalue weighted by Crippen LogP contribution is -2.23. The second-order valence-corrected chi connectivity index (χ2v) is 4.53. The number of carbonyl (C=O) groups is 1. The fraction of sp³-hybridized carbons (Fsp3) is 0.267. The fourth-order valence-electron chi connectivity index (χ4n) is 1.93. The number of nitrogens with zero attached hydrogens (tertiary/aromatic N) is 3. The van der Waals surface area contributed by atoms with Gasteiger partial charge in [0.1, 0.15) is 0 Å². The molecule has 0 aliphatic carbocycles. The van der Waals surface area contributed by atoms with Crippen LogP contribution in [0.5, 0.6) is 0 Å². The first-order valence-electron chi connectivity index (χ1n) is 6.90. The summed E-state index contributed by atoms with van der Waals surface area (Å²) < 4.78 is 26.0. The molecule has 0 spiro atoms. The van der Waals surface area contributed by atoms with E-state index in [0.717, 1.165) is 25.2 Å². The molecule has 2 rings (SSSR count). The third-order valence-electron chi connectivity index (χ3n) is 3.16. The van der Waals surface area contributed by atoms with Crippen LogP contribution in [-0.4, -0.2) is 29.2 Å². The van der Waals surface area contributed by atoms with Crippen LogP contribution in [0.2, 0.25) is 0 Å². The van der Waals surface area contributed by atoms with Gasteiger partial charge in [-0.25, -0.2) is 8.78 Å². The third-order valence-corrected chi connectivity index (χ3v) is 3.16. The Labute approximate surface area is 127 Å². The van der Waals surface area contributed by atoms with Crippen molar-refractivity contribution in [2.24, 2.45) is 0 Å². The van der Waals surface area contributed by atoms with E-state index in [4.69, 9.17) is 0 Å². The first-order valence-corrected chi connectivity index (χ1v) is 6.90. The highest BCUT2D eigenvalue weighted by Crippen LogP contribution is 2.13. The van der Waals surface area contributed by atoms with Gasteiger partial charge < -0.3 is 10.2 Å². The van der Waals surface area contributed by atoms with E-state index in [2.05, 4.69) is 15.5 Å². The molecule has 116 valence electrons. The van der Waals surface area contributed by atoms with Gasteiger partial charge in [-0.1, -0.05) is 0 Å². The molecule has 1 amide bonds. The summed E-state index contributed by atoms with van der Waals surface area (Å²) in [5.74, 6) is -1.71. The highest BCUT2D eigenvalue weighted by molar-refractivity contribution is 6.03. The van der Waals surface area contributed by atoms with Gasteiger partial charge in [-0.05, 0) is 44.2 Å². The topological polar surface area (TPSA) is 58.1 Å². The maximum absolute atomic E-state index is 13.1. The van der Waals surface area contributed by atoms with E-state index in [0.29, 0.717) is 5.82 Å². The van der Waals surface area contributed by atoms with Crippen LogP contribution in [0.4, 0.5) is 20.4 Å². The van der Waals surface area contributed by atoms with Crippen molar-refractivity contribution in [2.45, 2.75) is 13.8 Å². The second-order valence-electron chi connectivity index (χ2n) is 4.53. The van der Waals surface area contributed by atoms with E-state index < -0.39 is 17.5 Å². The minimum atomic E-state index is -1.07. The summed E-state index contributed by atoms with van der Waals surface area (Å²) in [6, 6.07) is 6.28. The molecule has 0 fully saturated rings. The molecule has 0 aliphatic heterocycles. The van der Waals surface area contributed by atoms with E-state index in [9.17, 15) is 13.6 Å². The van der Waals surface area contributed by atoms with Crippen molar-refractivity contribution in [2.75, 3.05) is 23.3 Å². The molecule has 5 nitrogen and oxygen atoms in total. The summed E-state index contributed by atoms with van der Waals surface area (Å²) in [5, 5.41) is 10.4. The van der Waals surface area contributed by atoms with Gasteiger partial charge in [-0.2, -0.15) is 0 Å². The molecule has 1 aromatic heterocycles. The van der Waals surface area contributed by atoms with Crippen LogP contribution in [-0.2, 0) is 0 Å². The lowest BCUT2D eigenvalue weighted by Gasteiger charge is -2.18. The minimum Gasteiger partial charge on any atom is -0.356 e. The average molecular weight is 306 g/mol. The number of aromatic nitrogens is 2.